The minimum Gasteiger partial charge on any atom is -0.320 e. The molecule has 126 valence electrons. The first kappa shape index (κ1) is 20.2. The summed E-state index contributed by atoms with van der Waals surface area (Å²) in [5, 5.41) is 3.66. The van der Waals surface area contributed by atoms with Crippen molar-refractivity contribution in [3.05, 3.63) is 27.7 Å². The van der Waals surface area contributed by atoms with Crippen molar-refractivity contribution in [3.8, 4) is 0 Å². The highest BCUT2D eigenvalue weighted by Gasteiger charge is 2.29. The molecule has 8 heteroatoms. The van der Waals surface area contributed by atoms with Gasteiger partial charge in [-0.2, -0.15) is 4.31 Å². The minimum atomic E-state index is -3.42. The number of hydrogen-bond acceptors (Lipinski definition) is 3. The standard InChI is InChI=1S/C14H20BrClN2O2S.ClH/c1-17-7-4-11-5-8-18(9-6-11)21(19,20)12-2-3-14(16)13(15)10-12;/h2-3,10-11,17H,4-9H2,1H3;1H. The van der Waals surface area contributed by atoms with Gasteiger partial charge in [0.25, 0.3) is 0 Å². The molecule has 0 radical (unpaired) electrons. The van der Waals surface area contributed by atoms with E-state index in [-0.39, 0.29) is 12.4 Å². The lowest BCUT2D eigenvalue weighted by molar-refractivity contribution is 0.263. The highest BCUT2D eigenvalue weighted by molar-refractivity contribution is 9.10. The minimum absolute atomic E-state index is 0. The third kappa shape index (κ3) is 4.82. The van der Waals surface area contributed by atoms with E-state index in [2.05, 4.69) is 21.2 Å². The van der Waals surface area contributed by atoms with Gasteiger partial charge in [-0.25, -0.2) is 8.42 Å². The molecule has 0 aromatic heterocycles. The Bertz CT molecular complexity index is 591. The summed E-state index contributed by atoms with van der Waals surface area (Å²) < 4.78 is 27.4. The predicted octanol–water partition coefficient (Wildman–Crippen LogP) is 3.53. The highest BCUT2D eigenvalue weighted by Crippen LogP contribution is 2.29. The number of piperidine rings is 1. The van der Waals surface area contributed by atoms with Gasteiger partial charge in [0, 0.05) is 17.6 Å². The topological polar surface area (TPSA) is 49.4 Å². The van der Waals surface area contributed by atoms with Gasteiger partial charge in [0.15, 0.2) is 0 Å². The molecule has 0 aliphatic carbocycles. The summed E-state index contributed by atoms with van der Waals surface area (Å²) in [5.41, 5.74) is 0. The van der Waals surface area contributed by atoms with Crippen LogP contribution in [0, 0.1) is 5.92 Å². The summed E-state index contributed by atoms with van der Waals surface area (Å²) in [4.78, 5) is 0.299. The van der Waals surface area contributed by atoms with Crippen LogP contribution in [0.5, 0.6) is 0 Å². The maximum Gasteiger partial charge on any atom is 0.243 e. The highest BCUT2D eigenvalue weighted by atomic mass is 79.9. The average Bonchev–Trinajstić information content (AvgIpc) is 2.48. The smallest absolute Gasteiger partial charge is 0.243 e. The van der Waals surface area contributed by atoms with Crippen LogP contribution < -0.4 is 5.32 Å². The van der Waals surface area contributed by atoms with Crippen LogP contribution in [0.1, 0.15) is 19.3 Å². The summed E-state index contributed by atoms with van der Waals surface area (Å²) in [7, 11) is -1.47. The Balaban J connectivity index is 0.00000242. The number of benzene rings is 1. The molecular weight excluding hydrogens is 411 g/mol. The van der Waals surface area contributed by atoms with Gasteiger partial charge in [-0.05, 0) is 72.9 Å². The Hall–Kier alpha value is 0.150. The summed E-state index contributed by atoms with van der Waals surface area (Å²) in [6, 6.07) is 4.75. The van der Waals surface area contributed by atoms with Gasteiger partial charge in [-0.3, -0.25) is 0 Å². The van der Waals surface area contributed by atoms with Gasteiger partial charge < -0.3 is 5.32 Å². The van der Waals surface area contributed by atoms with Crippen LogP contribution in [-0.2, 0) is 10.0 Å². The van der Waals surface area contributed by atoms with Crippen LogP contribution in [0.25, 0.3) is 0 Å². The van der Waals surface area contributed by atoms with Crippen LogP contribution in [0.4, 0.5) is 0 Å². The van der Waals surface area contributed by atoms with Crippen molar-refractivity contribution in [2.45, 2.75) is 24.2 Å². The van der Waals surface area contributed by atoms with Crippen LogP contribution in [-0.4, -0.2) is 39.4 Å². The monoisotopic (exact) mass is 430 g/mol. The van der Waals surface area contributed by atoms with E-state index in [1.54, 1.807) is 22.5 Å². The number of rotatable bonds is 5. The van der Waals surface area contributed by atoms with Gasteiger partial charge >= 0.3 is 0 Å². The zero-order valence-corrected chi connectivity index (χ0v) is 16.4. The van der Waals surface area contributed by atoms with E-state index >= 15 is 0 Å². The SMILES string of the molecule is CNCCC1CCN(S(=O)(=O)c2ccc(Cl)c(Br)c2)CC1.Cl. The number of nitrogens with zero attached hydrogens (tertiary/aromatic N) is 1. The molecule has 1 fully saturated rings. The van der Waals surface area contributed by atoms with Crippen molar-refractivity contribution in [1.82, 2.24) is 9.62 Å². The van der Waals surface area contributed by atoms with Crippen LogP contribution in [0.15, 0.2) is 27.6 Å². The molecule has 0 amide bonds. The Labute approximate surface area is 152 Å². The normalized spacial score (nSPS) is 17.2. The lowest BCUT2D eigenvalue weighted by Crippen LogP contribution is -2.38. The zero-order chi connectivity index (χ0) is 15.5. The molecule has 1 heterocycles. The van der Waals surface area contributed by atoms with Crippen molar-refractivity contribution in [2.24, 2.45) is 5.92 Å². The number of halogens is 3. The molecule has 0 atom stereocenters. The van der Waals surface area contributed by atoms with E-state index < -0.39 is 10.0 Å². The lowest BCUT2D eigenvalue weighted by atomic mass is 9.95. The first-order chi connectivity index (χ1) is 9.95. The number of nitrogens with one attached hydrogen (secondary N) is 1. The summed E-state index contributed by atoms with van der Waals surface area (Å²) in [5.74, 6) is 0.612. The van der Waals surface area contributed by atoms with Gasteiger partial charge in [0.2, 0.25) is 10.0 Å². The fraction of sp³-hybridized carbons (Fsp3) is 0.571. The molecule has 1 saturated heterocycles. The number of sulfonamides is 1. The van der Waals surface area contributed by atoms with Crippen LogP contribution in [0.2, 0.25) is 5.02 Å². The van der Waals surface area contributed by atoms with E-state index in [0.717, 1.165) is 25.8 Å². The molecule has 2 rings (SSSR count). The predicted molar refractivity (Wildman–Crippen MR) is 96.4 cm³/mol. The number of hydrogen-bond donors (Lipinski definition) is 1. The van der Waals surface area contributed by atoms with Gasteiger partial charge in [0.05, 0.1) is 9.92 Å². The van der Waals surface area contributed by atoms with Gasteiger partial charge in [-0.1, -0.05) is 11.6 Å². The Morgan fingerprint density at radius 1 is 1.36 bits per heavy atom. The molecule has 4 nitrogen and oxygen atoms in total. The zero-order valence-electron chi connectivity index (χ0n) is 12.4. The molecule has 1 aliphatic heterocycles. The molecule has 0 saturated carbocycles. The first-order valence-electron chi connectivity index (χ1n) is 7.05. The van der Waals surface area contributed by atoms with Crippen molar-refractivity contribution in [3.63, 3.8) is 0 Å². The van der Waals surface area contributed by atoms with Crippen molar-refractivity contribution in [1.29, 1.82) is 0 Å². The Kier molecular flexibility index (Phi) is 8.12. The molecule has 1 N–H and O–H groups in total. The first-order valence-corrected chi connectivity index (χ1v) is 9.66. The van der Waals surface area contributed by atoms with Crippen LogP contribution >= 0.6 is 39.9 Å². The molecular formula is C14H21BrCl2N2O2S. The van der Waals surface area contributed by atoms with E-state index in [9.17, 15) is 8.42 Å². The third-order valence-corrected chi connectivity index (χ3v) is 7.01. The van der Waals surface area contributed by atoms with E-state index in [0.29, 0.717) is 33.4 Å². The molecule has 0 spiro atoms. The molecule has 1 aromatic rings. The summed E-state index contributed by atoms with van der Waals surface area (Å²) >= 11 is 9.20. The largest absolute Gasteiger partial charge is 0.320 e. The Morgan fingerprint density at radius 3 is 2.55 bits per heavy atom. The maximum absolute atomic E-state index is 12.6. The van der Waals surface area contributed by atoms with E-state index in [1.807, 2.05) is 7.05 Å². The van der Waals surface area contributed by atoms with E-state index in [4.69, 9.17) is 11.6 Å². The molecule has 1 aromatic carbocycles. The second-order valence-corrected chi connectivity index (χ2v) is 8.52. The molecule has 1 aliphatic rings. The molecule has 22 heavy (non-hydrogen) atoms. The lowest BCUT2D eigenvalue weighted by Gasteiger charge is -2.31. The van der Waals surface area contributed by atoms with Crippen molar-refractivity contribution < 1.29 is 8.42 Å². The third-order valence-electron chi connectivity index (χ3n) is 3.90. The van der Waals surface area contributed by atoms with E-state index in [1.165, 1.54) is 0 Å². The second-order valence-electron chi connectivity index (χ2n) is 5.32. The molecule has 0 bridgehead atoms. The quantitative estimate of drug-likeness (QED) is 0.775. The fourth-order valence-electron chi connectivity index (χ4n) is 2.57. The van der Waals surface area contributed by atoms with Crippen molar-refractivity contribution in [2.75, 3.05) is 26.7 Å². The Morgan fingerprint density at radius 2 is 2.00 bits per heavy atom. The second kappa shape index (κ2) is 8.85. The summed E-state index contributed by atoms with van der Waals surface area (Å²) in [6.07, 6.45) is 2.96. The average molecular weight is 432 g/mol. The fourth-order valence-corrected chi connectivity index (χ4v) is 4.72. The van der Waals surface area contributed by atoms with Gasteiger partial charge in [0.1, 0.15) is 0 Å². The van der Waals surface area contributed by atoms with Gasteiger partial charge in [-0.15, -0.1) is 12.4 Å². The maximum atomic E-state index is 12.6. The van der Waals surface area contributed by atoms with Crippen LogP contribution in [0.3, 0.4) is 0 Å². The molecule has 0 unspecified atom stereocenters. The summed E-state index contributed by atoms with van der Waals surface area (Å²) in [6.45, 7) is 2.18. The van der Waals surface area contributed by atoms with Crippen molar-refractivity contribution >= 4 is 50.0 Å².